The Balaban J connectivity index is -0.000000305. The molecule has 0 radical (unpaired) electrons. The molecule has 6 nitrogen and oxygen atoms in total. The van der Waals surface area contributed by atoms with E-state index < -0.39 is 0 Å². The summed E-state index contributed by atoms with van der Waals surface area (Å²) in [7, 11) is 1.72. The highest BCUT2D eigenvalue weighted by Gasteiger charge is 2.13. The van der Waals surface area contributed by atoms with Crippen molar-refractivity contribution in [1.82, 2.24) is 4.90 Å². The van der Waals surface area contributed by atoms with E-state index >= 15 is 0 Å². The maximum Gasteiger partial charge on any atom is 0.305 e. The molecule has 58 heavy (non-hydrogen) atoms. The van der Waals surface area contributed by atoms with Gasteiger partial charge in [0.1, 0.15) is 0 Å². The van der Waals surface area contributed by atoms with Crippen molar-refractivity contribution in [2.45, 2.75) is 241 Å². The van der Waals surface area contributed by atoms with Crippen LogP contribution in [-0.4, -0.2) is 68.2 Å². The Bertz CT molecular complexity index is 744. The Hall–Kier alpha value is -0.500. The number of aliphatic hydroxyl groups excluding tert-OH is 1. The summed E-state index contributed by atoms with van der Waals surface area (Å²) >= 11 is 2.20. The second-order valence-electron chi connectivity index (χ2n) is 15.5. The van der Waals surface area contributed by atoms with Gasteiger partial charge in [-0.3, -0.25) is 9.59 Å². The topological polar surface area (TPSA) is 76.1 Å². The largest absolute Gasteiger partial charge is 0.468 e. The standard InChI is InChI=1S/C28H57NO3.C17H34O2.C2H6.C2H2.CH3IS/c1-4-7-10-12-13-15-20-27(19-14-11-8-5-2)26-32-28(31)21-18-24-29(22-9-6-3)23-16-17-25-30;1-3-5-7-9-10-12-14-17(15-19-16-18)13-11-8-6-4-2;2*1-2;1-3-2/h27,30H,4-26H2,1-3H3;16-17H,3-15H2,1-2H3;1-2H3;1-2H;1H3. The van der Waals surface area contributed by atoms with E-state index in [1.807, 2.05) is 20.1 Å². The first-order valence-corrected chi connectivity index (χ1v) is 28.2. The number of terminal acetylenes is 1. The summed E-state index contributed by atoms with van der Waals surface area (Å²) in [4.78, 5) is 25.1. The third kappa shape index (κ3) is 62.2. The highest BCUT2D eigenvalue weighted by Crippen LogP contribution is 2.21. The minimum Gasteiger partial charge on any atom is -0.468 e. The van der Waals surface area contributed by atoms with Crippen LogP contribution in [0.3, 0.4) is 0 Å². The molecule has 2 atom stereocenters. The van der Waals surface area contributed by atoms with Crippen molar-refractivity contribution >= 4 is 42.6 Å². The van der Waals surface area contributed by atoms with E-state index in [1.54, 1.807) is 8.93 Å². The Kier molecular flexibility index (Phi) is 75.3. The first-order valence-electron chi connectivity index (χ1n) is 24.5. The average molecular weight is 956 g/mol. The molecule has 0 saturated carbocycles. The molecule has 8 heteroatoms. The van der Waals surface area contributed by atoms with Crippen molar-refractivity contribution < 1.29 is 24.2 Å². The van der Waals surface area contributed by atoms with Gasteiger partial charge in [-0.2, -0.15) is 0 Å². The summed E-state index contributed by atoms with van der Waals surface area (Å²) in [5, 5.41) is 9.01. The van der Waals surface area contributed by atoms with Crippen LogP contribution in [0.4, 0.5) is 0 Å². The maximum absolute atomic E-state index is 12.4. The number of hydrogen-bond donors (Lipinski definition) is 1. The molecule has 0 aromatic carbocycles. The number of hydrogen-bond acceptors (Lipinski definition) is 7. The third-order valence-electron chi connectivity index (χ3n) is 10.3. The van der Waals surface area contributed by atoms with Gasteiger partial charge in [0.05, 0.1) is 13.2 Å². The van der Waals surface area contributed by atoms with E-state index in [0.717, 1.165) is 38.9 Å². The highest BCUT2D eigenvalue weighted by molar-refractivity contribution is 14.2. The van der Waals surface area contributed by atoms with Crippen LogP contribution in [0.25, 0.3) is 0 Å². The number of ether oxygens (including phenoxy) is 2. The van der Waals surface area contributed by atoms with Gasteiger partial charge in [0.15, 0.2) is 0 Å². The molecule has 0 aromatic rings. The van der Waals surface area contributed by atoms with Gasteiger partial charge in [-0.25, -0.2) is 0 Å². The molecule has 2 unspecified atom stereocenters. The van der Waals surface area contributed by atoms with Crippen LogP contribution in [-0.2, 0) is 19.1 Å². The average Bonchev–Trinajstić information content (AvgIpc) is 3.24. The number of nitrogens with zero attached hydrogens (tertiary/aromatic N) is 1. The van der Waals surface area contributed by atoms with E-state index in [4.69, 9.17) is 14.6 Å². The summed E-state index contributed by atoms with van der Waals surface area (Å²) in [6.45, 7) is 20.4. The number of rotatable bonds is 40. The van der Waals surface area contributed by atoms with E-state index in [9.17, 15) is 9.59 Å². The molecule has 0 aliphatic heterocycles. The zero-order valence-corrected chi connectivity index (χ0v) is 43.1. The van der Waals surface area contributed by atoms with Crippen molar-refractivity contribution in [1.29, 1.82) is 0 Å². The molecule has 350 valence electrons. The second kappa shape index (κ2) is 65.6. The summed E-state index contributed by atoms with van der Waals surface area (Å²) in [5.41, 5.74) is 0. The molecule has 0 rings (SSSR count). The number of aliphatic hydroxyl groups is 1. The van der Waals surface area contributed by atoms with Crippen LogP contribution < -0.4 is 0 Å². The van der Waals surface area contributed by atoms with Crippen molar-refractivity contribution in [2.24, 2.45) is 11.8 Å². The van der Waals surface area contributed by atoms with Gasteiger partial charge in [0.2, 0.25) is 0 Å². The zero-order valence-electron chi connectivity index (χ0n) is 40.2. The van der Waals surface area contributed by atoms with Crippen LogP contribution in [0.2, 0.25) is 0 Å². The SMILES string of the molecule is C#C.CC.CCCCCCCCC(CCCCCC)COC(=O)CCCN(CCCC)CCCCO.CCCCCCCCC(CCCCCC)COC=O.CSI. The number of carbonyl (C=O) groups is 2. The third-order valence-corrected chi connectivity index (χ3v) is 10.3. The number of esters is 1. The number of carbonyl (C=O) groups excluding carboxylic acids is 2. The van der Waals surface area contributed by atoms with E-state index in [-0.39, 0.29) is 12.6 Å². The molecule has 0 amide bonds. The van der Waals surface area contributed by atoms with Crippen LogP contribution in [0.1, 0.15) is 241 Å². The van der Waals surface area contributed by atoms with Crippen molar-refractivity contribution in [2.75, 3.05) is 45.7 Å². The molecule has 0 fully saturated rings. The van der Waals surface area contributed by atoms with Gasteiger partial charge < -0.3 is 19.5 Å². The smallest absolute Gasteiger partial charge is 0.305 e. The molecule has 1 N–H and O–H groups in total. The normalized spacial score (nSPS) is 11.3. The summed E-state index contributed by atoms with van der Waals surface area (Å²) in [5.74, 6) is 1.12. The van der Waals surface area contributed by atoms with Crippen LogP contribution in [0, 0.1) is 24.7 Å². The van der Waals surface area contributed by atoms with Crippen molar-refractivity contribution in [3.05, 3.63) is 0 Å². The van der Waals surface area contributed by atoms with Crippen LogP contribution in [0.15, 0.2) is 0 Å². The lowest BCUT2D eigenvalue weighted by Gasteiger charge is -2.22. The molecular weight excluding hydrogens is 854 g/mol. The molecule has 0 saturated heterocycles. The fraction of sp³-hybridized carbons (Fsp3) is 0.920. The molecule has 0 heterocycles. The lowest BCUT2D eigenvalue weighted by Crippen LogP contribution is -2.28. The molecule has 0 aliphatic carbocycles. The predicted molar refractivity (Wildman–Crippen MR) is 269 cm³/mol. The maximum atomic E-state index is 12.4. The summed E-state index contributed by atoms with van der Waals surface area (Å²) in [6, 6.07) is 0. The van der Waals surface area contributed by atoms with Gasteiger partial charge in [-0.15, -0.1) is 12.8 Å². The van der Waals surface area contributed by atoms with Gasteiger partial charge in [-0.1, -0.05) is 192 Å². The van der Waals surface area contributed by atoms with E-state index in [2.05, 4.69) is 73.6 Å². The Labute approximate surface area is 381 Å². The van der Waals surface area contributed by atoms with Crippen molar-refractivity contribution in [3.63, 3.8) is 0 Å². The molecule has 0 spiro atoms. The minimum absolute atomic E-state index is 0.0164. The Morgan fingerprint density at radius 2 is 0.931 bits per heavy atom. The van der Waals surface area contributed by atoms with Gasteiger partial charge in [0.25, 0.3) is 6.47 Å². The monoisotopic (exact) mass is 956 g/mol. The number of halogens is 1. The summed E-state index contributed by atoms with van der Waals surface area (Å²) < 4.78 is 10.7. The van der Waals surface area contributed by atoms with Crippen LogP contribution in [0.5, 0.6) is 0 Å². The van der Waals surface area contributed by atoms with Gasteiger partial charge in [0, 0.05) is 13.0 Å². The van der Waals surface area contributed by atoms with Gasteiger partial charge >= 0.3 is 5.97 Å². The molecule has 0 bridgehead atoms. The molecular formula is C50H102INO5S. The first-order chi connectivity index (χ1) is 28.4. The molecule has 0 aromatic heterocycles. The van der Waals surface area contributed by atoms with Crippen molar-refractivity contribution in [3.8, 4) is 12.8 Å². The molecule has 0 aliphatic rings. The predicted octanol–water partition coefficient (Wildman–Crippen LogP) is 16.0. The summed E-state index contributed by atoms with van der Waals surface area (Å²) in [6.07, 6.45) is 47.0. The first kappa shape index (κ1) is 66.6. The Morgan fingerprint density at radius 1 is 0.586 bits per heavy atom. The lowest BCUT2D eigenvalue weighted by atomic mass is 9.95. The number of unbranched alkanes of at least 4 members (excludes halogenated alkanes) is 18. The lowest BCUT2D eigenvalue weighted by molar-refractivity contribution is -0.145. The minimum atomic E-state index is -0.0164. The van der Waals surface area contributed by atoms with Crippen LogP contribution >= 0.6 is 30.1 Å². The highest BCUT2D eigenvalue weighted by atomic mass is 127. The van der Waals surface area contributed by atoms with Gasteiger partial charge in [-0.05, 0) is 110 Å². The second-order valence-corrected chi connectivity index (χ2v) is 18.5. The zero-order chi connectivity index (χ0) is 44.6. The fourth-order valence-corrected chi connectivity index (χ4v) is 6.84. The van der Waals surface area contributed by atoms with E-state index in [0.29, 0.717) is 37.9 Å². The Morgan fingerprint density at radius 3 is 1.33 bits per heavy atom. The van der Waals surface area contributed by atoms with E-state index in [1.165, 1.54) is 167 Å². The quantitative estimate of drug-likeness (QED) is 0.0216. The fourth-order valence-electron chi connectivity index (χ4n) is 6.84.